The van der Waals surface area contributed by atoms with Crippen molar-refractivity contribution in [2.24, 2.45) is 4.99 Å². The molecule has 1 saturated carbocycles. The zero-order valence-corrected chi connectivity index (χ0v) is 11.7. The highest BCUT2D eigenvalue weighted by Crippen LogP contribution is 2.43. The molecule has 1 aromatic heterocycles. The van der Waals surface area contributed by atoms with Crippen LogP contribution in [-0.2, 0) is 6.42 Å². The Morgan fingerprint density at radius 1 is 1.16 bits per heavy atom. The first kappa shape index (κ1) is 11.6. The van der Waals surface area contributed by atoms with Gasteiger partial charge in [-0.3, -0.25) is 4.99 Å². The molecule has 19 heavy (non-hydrogen) atoms. The monoisotopic (exact) mass is 276 g/mol. The summed E-state index contributed by atoms with van der Waals surface area (Å²) in [6.45, 7) is 0.934. The van der Waals surface area contributed by atoms with Crippen molar-refractivity contribution in [3.8, 4) is 0 Å². The number of hydrogen-bond donors (Lipinski definition) is 0. The molecule has 1 aromatic rings. The summed E-state index contributed by atoms with van der Waals surface area (Å²) in [6, 6.07) is 0. The van der Waals surface area contributed by atoms with Gasteiger partial charge in [0.25, 0.3) is 0 Å². The molecule has 4 rings (SSSR count). The van der Waals surface area contributed by atoms with E-state index in [1.54, 1.807) is 0 Å². The molecule has 0 bridgehead atoms. The van der Waals surface area contributed by atoms with Crippen LogP contribution in [0.5, 0.6) is 0 Å². The largest absolute Gasteiger partial charge is 0.306 e. The van der Waals surface area contributed by atoms with E-state index < -0.39 is 0 Å². The molecular formula is C14H17ClN4. The van der Waals surface area contributed by atoms with E-state index in [-0.39, 0.29) is 5.54 Å². The van der Waals surface area contributed by atoms with E-state index in [9.17, 15) is 0 Å². The summed E-state index contributed by atoms with van der Waals surface area (Å²) in [7, 11) is 0. The van der Waals surface area contributed by atoms with Crippen LogP contribution in [0.15, 0.2) is 11.2 Å². The number of aromatic nitrogens is 2. The number of hydrogen-bond acceptors (Lipinski definition) is 4. The Labute approximate surface area is 117 Å². The summed E-state index contributed by atoms with van der Waals surface area (Å²) in [4.78, 5) is 15.8. The predicted molar refractivity (Wildman–Crippen MR) is 76.0 cm³/mol. The van der Waals surface area contributed by atoms with Crippen molar-refractivity contribution in [3.63, 3.8) is 0 Å². The maximum absolute atomic E-state index is 6.01. The Hall–Kier alpha value is -1.16. The van der Waals surface area contributed by atoms with E-state index in [0.29, 0.717) is 5.28 Å². The van der Waals surface area contributed by atoms with Gasteiger partial charge in [-0.15, -0.1) is 0 Å². The third kappa shape index (κ3) is 1.69. The molecule has 1 fully saturated rings. The smallest absolute Gasteiger partial charge is 0.224 e. The molecule has 0 unspecified atom stereocenters. The lowest BCUT2D eigenvalue weighted by Crippen LogP contribution is -2.53. The zero-order valence-electron chi connectivity index (χ0n) is 10.9. The van der Waals surface area contributed by atoms with Crippen molar-refractivity contribution in [3.05, 3.63) is 17.0 Å². The Morgan fingerprint density at radius 2 is 2.00 bits per heavy atom. The van der Waals surface area contributed by atoms with Crippen molar-refractivity contribution < 1.29 is 0 Å². The zero-order chi connectivity index (χ0) is 12.9. The minimum Gasteiger partial charge on any atom is -0.306 e. The average molecular weight is 277 g/mol. The molecule has 0 atom stereocenters. The highest BCUT2D eigenvalue weighted by molar-refractivity contribution is 6.28. The van der Waals surface area contributed by atoms with E-state index in [4.69, 9.17) is 16.6 Å². The third-order valence-corrected chi connectivity index (χ3v) is 4.90. The van der Waals surface area contributed by atoms with Crippen LogP contribution < -0.4 is 4.90 Å². The number of rotatable bonds is 0. The lowest BCUT2D eigenvalue weighted by Gasteiger charge is -2.44. The van der Waals surface area contributed by atoms with Crippen LogP contribution in [0.25, 0.3) is 0 Å². The van der Waals surface area contributed by atoms with E-state index >= 15 is 0 Å². The van der Waals surface area contributed by atoms with Gasteiger partial charge in [0.15, 0.2) is 0 Å². The van der Waals surface area contributed by atoms with Crippen LogP contribution in [0.2, 0.25) is 5.28 Å². The fraction of sp³-hybridized carbons (Fsp3) is 0.643. The predicted octanol–water partition coefficient (Wildman–Crippen LogP) is 3.00. The highest BCUT2D eigenvalue weighted by atomic mass is 35.5. The normalized spacial score (nSPS) is 24.1. The van der Waals surface area contributed by atoms with Crippen molar-refractivity contribution in [1.29, 1.82) is 0 Å². The molecule has 1 spiro atoms. The van der Waals surface area contributed by atoms with Crippen LogP contribution in [-0.4, -0.2) is 27.9 Å². The van der Waals surface area contributed by atoms with Crippen LogP contribution >= 0.6 is 11.6 Å². The van der Waals surface area contributed by atoms with E-state index in [0.717, 1.165) is 25.2 Å². The second kappa shape index (κ2) is 4.17. The van der Waals surface area contributed by atoms with Gasteiger partial charge in [0.1, 0.15) is 11.7 Å². The molecule has 0 saturated heterocycles. The van der Waals surface area contributed by atoms with Crippen LogP contribution in [0, 0.1) is 0 Å². The minimum atomic E-state index is 0.181. The van der Waals surface area contributed by atoms with Crippen LogP contribution in [0.1, 0.15) is 44.1 Å². The summed E-state index contributed by atoms with van der Waals surface area (Å²) < 4.78 is 0. The molecule has 3 aliphatic rings. The maximum Gasteiger partial charge on any atom is 0.224 e. The van der Waals surface area contributed by atoms with E-state index in [1.165, 1.54) is 43.5 Å². The summed E-state index contributed by atoms with van der Waals surface area (Å²) in [5, 5.41) is 0.345. The lowest BCUT2D eigenvalue weighted by atomic mass is 9.80. The molecule has 0 amide bonds. The Bertz CT molecular complexity index is 548. The van der Waals surface area contributed by atoms with Gasteiger partial charge in [-0.2, -0.15) is 4.98 Å². The SMILES string of the molecule is Clc1ncc2c(n1)N1C(=NCC13CCCCC3)CC2. The van der Waals surface area contributed by atoms with Gasteiger partial charge in [0, 0.05) is 18.2 Å². The first-order chi connectivity index (χ1) is 9.28. The number of amidine groups is 1. The topological polar surface area (TPSA) is 41.4 Å². The minimum absolute atomic E-state index is 0.181. The second-order valence-electron chi connectivity index (χ2n) is 5.84. The van der Waals surface area contributed by atoms with Gasteiger partial charge in [-0.05, 0) is 30.9 Å². The van der Waals surface area contributed by atoms with Gasteiger partial charge >= 0.3 is 0 Å². The molecule has 5 heteroatoms. The Kier molecular flexibility index (Phi) is 2.56. The number of halogens is 1. The van der Waals surface area contributed by atoms with E-state index in [1.807, 2.05) is 6.20 Å². The number of nitrogens with zero attached hydrogens (tertiary/aromatic N) is 4. The first-order valence-corrected chi connectivity index (χ1v) is 7.51. The van der Waals surface area contributed by atoms with E-state index in [2.05, 4.69) is 14.9 Å². The van der Waals surface area contributed by atoms with Crippen molar-refractivity contribution >= 4 is 23.3 Å². The molecular weight excluding hydrogens is 260 g/mol. The molecule has 2 aliphatic heterocycles. The molecule has 3 heterocycles. The first-order valence-electron chi connectivity index (χ1n) is 7.14. The summed E-state index contributed by atoms with van der Waals surface area (Å²) >= 11 is 6.01. The van der Waals surface area contributed by atoms with Gasteiger partial charge in [-0.25, -0.2) is 4.98 Å². The number of fused-ring (bicyclic) bond motifs is 4. The van der Waals surface area contributed by atoms with Crippen LogP contribution in [0.4, 0.5) is 5.82 Å². The summed E-state index contributed by atoms with van der Waals surface area (Å²) in [6.07, 6.45) is 10.3. The summed E-state index contributed by atoms with van der Waals surface area (Å²) in [5.74, 6) is 2.23. The Balaban J connectivity index is 1.82. The van der Waals surface area contributed by atoms with Crippen LogP contribution in [0.3, 0.4) is 0 Å². The number of aliphatic imine (C=N–C) groups is 1. The fourth-order valence-electron chi connectivity index (χ4n) is 3.78. The summed E-state index contributed by atoms with van der Waals surface area (Å²) in [5.41, 5.74) is 1.40. The third-order valence-electron chi connectivity index (χ3n) is 4.71. The second-order valence-corrected chi connectivity index (χ2v) is 6.18. The molecule has 4 nitrogen and oxygen atoms in total. The molecule has 0 radical (unpaired) electrons. The van der Waals surface area contributed by atoms with Gasteiger partial charge in [-0.1, -0.05) is 19.3 Å². The lowest BCUT2D eigenvalue weighted by molar-refractivity contribution is 0.315. The molecule has 1 aliphatic carbocycles. The van der Waals surface area contributed by atoms with Crippen molar-refractivity contribution in [2.45, 2.75) is 50.5 Å². The van der Waals surface area contributed by atoms with Gasteiger partial charge < -0.3 is 4.90 Å². The standard InChI is InChI=1S/C14H17ClN4/c15-13-16-8-10-4-5-11-17-9-14(6-2-1-3-7-14)19(11)12(10)18-13/h8H,1-7,9H2. The Morgan fingerprint density at radius 3 is 2.84 bits per heavy atom. The number of aryl methyl sites for hydroxylation is 1. The molecule has 100 valence electrons. The van der Waals surface area contributed by atoms with Crippen molar-refractivity contribution in [1.82, 2.24) is 9.97 Å². The maximum atomic E-state index is 6.01. The van der Waals surface area contributed by atoms with Gasteiger partial charge in [0.05, 0.1) is 12.1 Å². The van der Waals surface area contributed by atoms with Crippen molar-refractivity contribution in [2.75, 3.05) is 11.4 Å². The fourth-order valence-corrected chi connectivity index (χ4v) is 3.91. The van der Waals surface area contributed by atoms with Gasteiger partial charge in [0.2, 0.25) is 5.28 Å². The number of anilines is 1. The quantitative estimate of drug-likeness (QED) is 0.684. The highest BCUT2D eigenvalue weighted by Gasteiger charge is 2.46. The average Bonchev–Trinajstić information content (AvgIpc) is 2.79. The molecule has 0 N–H and O–H groups in total. The molecule has 0 aromatic carbocycles.